The van der Waals surface area contributed by atoms with Gasteiger partial charge in [0, 0.05) is 12.7 Å². The molecule has 1 N–H and O–H groups in total. The maximum atomic E-state index is 6.57. The maximum absolute atomic E-state index is 6.57. The minimum Gasteiger partial charge on any atom is -0.343 e. The van der Waals surface area contributed by atoms with E-state index in [1.54, 1.807) is 0 Å². The molecule has 1 aromatic heterocycles. The van der Waals surface area contributed by atoms with Crippen LogP contribution in [-0.2, 0) is 12.8 Å². The monoisotopic (exact) mass is 380 g/mol. The number of fused-ring (bicyclic) bond motifs is 2. The van der Waals surface area contributed by atoms with Crippen molar-refractivity contribution < 1.29 is 0 Å². The van der Waals surface area contributed by atoms with E-state index in [9.17, 15) is 0 Å². The molecule has 4 nitrogen and oxygen atoms in total. The van der Waals surface area contributed by atoms with Gasteiger partial charge in [-0.25, -0.2) is 0 Å². The Bertz CT molecular complexity index is 865. The molecule has 0 spiro atoms. The van der Waals surface area contributed by atoms with Gasteiger partial charge in [0.2, 0.25) is 0 Å². The smallest absolute Gasteiger partial charge is 0.106 e. The zero-order valence-electron chi connectivity index (χ0n) is 13.3. The van der Waals surface area contributed by atoms with Crippen LogP contribution in [0.25, 0.3) is 10.2 Å². The molecule has 0 saturated heterocycles. The van der Waals surface area contributed by atoms with Gasteiger partial charge in [0.25, 0.3) is 0 Å². The van der Waals surface area contributed by atoms with E-state index in [1.807, 2.05) is 12.1 Å². The van der Waals surface area contributed by atoms with Gasteiger partial charge in [-0.3, -0.25) is 0 Å². The van der Waals surface area contributed by atoms with E-state index in [0.717, 1.165) is 52.5 Å². The largest absolute Gasteiger partial charge is 0.343 e. The Hall–Kier alpha value is -1.40. The molecular weight excluding hydrogens is 363 g/mol. The molecule has 0 radical (unpaired) electrons. The van der Waals surface area contributed by atoms with Gasteiger partial charge in [-0.15, -0.1) is 17.5 Å². The highest BCUT2D eigenvalue weighted by molar-refractivity contribution is 7.12. The number of aromatic nitrogens is 2. The zero-order valence-corrected chi connectivity index (χ0v) is 15.6. The van der Waals surface area contributed by atoms with E-state index >= 15 is 0 Å². The fourth-order valence-electron chi connectivity index (χ4n) is 3.19. The Balaban J connectivity index is 0.00000169. The fraction of sp³-hybridized carbons (Fsp3) is 0.294. The van der Waals surface area contributed by atoms with Crippen LogP contribution in [0.1, 0.15) is 11.1 Å². The molecule has 0 saturated carbocycles. The van der Waals surface area contributed by atoms with Crippen LogP contribution in [0.3, 0.4) is 0 Å². The number of rotatable bonds is 2. The van der Waals surface area contributed by atoms with Crippen LogP contribution in [0.5, 0.6) is 0 Å². The molecule has 0 atom stereocenters. The summed E-state index contributed by atoms with van der Waals surface area (Å²) < 4.78 is 5.11. The summed E-state index contributed by atoms with van der Waals surface area (Å²) >= 11 is 7.99. The standard InChI is InChI=1S/C17H17ClN4S.ClH/c1-22(12-3-5-15-16(10-12)23-21-20-15)17-13-7-9-19-8-6-11(13)2-4-14(17)18;/h2-5,10,19H,6-9H2,1H3;1H. The number of hydrogen-bond acceptors (Lipinski definition) is 5. The van der Waals surface area contributed by atoms with Gasteiger partial charge in [0.15, 0.2) is 0 Å². The summed E-state index contributed by atoms with van der Waals surface area (Å²) in [6, 6.07) is 10.4. The average Bonchev–Trinajstić information content (AvgIpc) is 2.90. The van der Waals surface area contributed by atoms with Crippen LogP contribution in [0.2, 0.25) is 5.02 Å². The van der Waals surface area contributed by atoms with Crippen molar-refractivity contribution in [2.45, 2.75) is 12.8 Å². The molecule has 126 valence electrons. The van der Waals surface area contributed by atoms with E-state index in [0.29, 0.717) is 0 Å². The quantitative estimate of drug-likeness (QED) is 0.722. The van der Waals surface area contributed by atoms with Gasteiger partial charge < -0.3 is 10.2 Å². The van der Waals surface area contributed by atoms with Crippen molar-refractivity contribution in [2.24, 2.45) is 0 Å². The number of benzene rings is 2. The molecule has 2 heterocycles. The highest BCUT2D eigenvalue weighted by Crippen LogP contribution is 2.37. The van der Waals surface area contributed by atoms with E-state index in [-0.39, 0.29) is 12.4 Å². The normalized spacial score (nSPS) is 13.9. The molecule has 0 bridgehead atoms. The number of nitrogens with zero attached hydrogens (tertiary/aromatic N) is 3. The Labute approximate surface area is 156 Å². The lowest BCUT2D eigenvalue weighted by Gasteiger charge is -2.25. The lowest BCUT2D eigenvalue weighted by molar-refractivity contribution is 0.711. The molecule has 1 aliphatic rings. The highest BCUT2D eigenvalue weighted by atomic mass is 35.5. The first kappa shape index (κ1) is 17.4. The maximum Gasteiger partial charge on any atom is 0.106 e. The molecule has 0 aliphatic carbocycles. The van der Waals surface area contributed by atoms with E-state index in [4.69, 9.17) is 11.6 Å². The van der Waals surface area contributed by atoms with Crippen LogP contribution in [0, 0.1) is 0 Å². The summed E-state index contributed by atoms with van der Waals surface area (Å²) in [5, 5.41) is 8.37. The molecule has 7 heteroatoms. The van der Waals surface area contributed by atoms with Gasteiger partial charge in [0.1, 0.15) is 5.52 Å². The molecule has 4 rings (SSSR count). The summed E-state index contributed by atoms with van der Waals surface area (Å²) in [6.07, 6.45) is 2.05. The third-order valence-corrected chi connectivity index (χ3v) is 5.40. The summed E-state index contributed by atoms with van der Waals surface area (Å²) in [4.78, 5) is 2.19. The van der Waals surface area contributed by atoms with E-state index < -0.39 is 0 Å². The zero-order chi connectivity index (χ0) is 15.8. The highest BCUT2D eigenvalue weighted by Gasteiger charge is 2.19. The van der Waals surface area contributed by atoms with Crippen LogP contribution < -0.4 is 10.2 Å². The number of halogens is 2. The van der Waals surface area contributed by atoms with Gasteiger partial charge in [-0.1, -0.05) is 22.2 Å². The fourth-order valence-corrected chi connectivity index (χ4v) is 4.09. The summed E-state index contributed by atoms with van der Waals surface area (Å²) in [5.74, 6) is 0. The van der Waals surface area contributed by atoms with Gasteiger partial charge in [-0.2, -0.15) is 0 Å². The molecule has 0 unspecified atom stereocenters. The van der Waals surface area contributed by atoms with Gasteiger partial charge in [-0.05, 0) is 72.9 Å². The van der Waals surface area contributed by atoms with Crippen LogP contribution >= 0.6 is 35.5 Å². The summed E-state index contributed by atoms with van der Waals surface area (Å²) in [6.45, 7) is 2.02. The average molecular weight is 381 g/mol. The molecule has 24 heavy (non-hydrogen) atoms. The second kappa shape index (κ2) is 7.23. The Kier molecular flexibility index (Phi) is 5.25. The van der Waals surface area contributed by atoms with Crippen molar-refractivity contribution in [2.75, 3.05) is 25.0 Å². The first-order chi connectivity index (χ1) is 11.2. The molecule has 3 aromatic rings. The lowest BCUT2D eigenvalue weighted by atomic mass is 10.00. The van der Waals surface area contributed by atoms with Crippen LogP contribution in [0.4, 0.5) is 11.4 Å². The predicted molar refractivity (Wildman–Crippen MR) is 104 cm³/mol. The van der Waals surface area contributed by atoms with Crippen LogP contribution in [0.15, 0.2) is 30.3 Å². The third-order valence-electron chi connectivity index (χ3n) is 4.41. The van der Waals surface area contributed by atoms with Gasteiger partial charge in [0.05, 0.1) is 15.4 Å². The minimum absolute atomic E-state index is 0. The minimum atomic E-state index is 0. The SMILES string of the molecule is CN(c1ccc2nnsc2c1)c1c(Cl)ccc2c1CCNCC2.Cl. The van der Waals surface area contributed by atoms with Crippen molar-refractivity contribution in [1.29, 1.82) is 0 Å². The van der Waals surface area contributed by atoms with Gasteiger partial charge >= 0.3 is 0 Å². The topological polar surface area (TPSA) is 41.1 Å². The number of hydrogen-bond donors (Lipinski definition) is 1. The Morgan fingerprint density at radius 2 is 2.00 bits per heavy atom. The Morgan fingerprint density at radius 3 is 2.88 bits per heavy atom. The first-order valence-electron chi connectivity index (χ1n) is 7.71. The molecule has 0 fully saturated rings. The predicted octanol–water partition coefficient (Wildman–Crippen LogP) is 4.22. The van der Waals surface area contributed by atoms with E-state index in [2.05, 4.69) is 45.1 Å². The molecule has 0 amide bonds. The van der Waals surface area contributed by atoms with Crippen LogP contribution in [-0.4, -0.2) is 29.7 Å². The van der Waals surface area contributed by atoms with Crippen molar-refractivity contribution in [3.8, 4) is 0 Å². The van der Waals surface area contributed by atoms with Crippen molar-refractivity contribution in [1.82, 2.24) is 14.9 Å². The van der Waals surface area contributed by atoms with Crippen molar-refractivity contribution >= 4 is 57.1 Å². The number of anilines is 2. The molecular formula is C17H18Cl2N4S. The number of nitrogens with one attached hydrogen (secondary N) is 1. The third kappa shape index (κ3) is 3.09. The molecule has 2 aromatic carbocycles. The second-order valence-electron chi connectivity index (χ2n) is 5.77. The summed E-state index contributed by atoms with van der Waals surface area (Å²) in [7, 11) is 2.08. The second-order valence-corrected chi connectivity index (χ2v) is 6.96. The van der Waals surface area contributed by atoms with Crippen molar-refractivity contribution in [3.63, 3.8) is 0 Å². The molecule has 1 aliphatic heterocycles. The Morgan fingerprint density at radius 1 is 1.17 bits per heavy atom. The lowest BCUT2D eigenvalue weighted by Crippen LogP contribution is -2.17. The van der Waals surface area contributed by atoms with Crippen molar-refractivity contribution in [3.05, 3.63) is 46.5 Å². The summed E-state index contributed by atoms with van der Waals surface area (Å²) in [5.41, 5.74) is 5.91. The van der Waals surface area contributed by atoms with E-state index in [1.165, 1.54) is 22.7 Å². The first-order valence-corrected chi connectivity index (χ1v) is 8.86.